The number of para-hydroxylation sites is 2. The number of imidazole rings is 1. The fourth-order valence-corrected chi connectivity index (χ4v) is 2.31. The Kier molecular flexibility index (Phi) is 5.20. The van der Waals surface area contributed by atoms with Gasteiger partial charge in [0.1, 0.15) is 5.75 Å². The number of carbonyl (C=O) groups is 1. The maximum atomic E-state index is 12.0. The Morgan fingerprint density at radius 1 is 1.12 bits per heavy atom. The van der Waals surface area contributed by atoms with Crippen LogP contribution in [0.15, 0.2) is 55.1 Å². The van der Waals surface area contributed by atoms with Gasteiger partial charge in [0, 0.05) is 37.9 Å². The molecule has 0 atom stereocenters. The predicted octanol–water partition coefficient (Wildman–Crippen LogP) is 2.17. The molecule has 8 nitrogen and oxygen atoms in total. The van der Waals surface area contributed by atoms with E-state index in [2.05, 4.69) is 25.6 Å². The molecular formula is C17H18N6O2. The van der Waals surface area contributed by atoms with Crippen LogP contribution in [-0.2, 0) is 6.54 Å². The monoisotopic (exact) mass is 338 g/mol. The molecule has 2 heterocycles. The molecule has 3 aromatic rings. The van der Waals surface area contributed by atoms with Crippen molar-refractivity contribution in [2.24, 2.45) is 0 Å². The first-order valence-electron chi connectivity index (χ1n) is 7.74. The number of methoxy groups -OCH3 is 1. The van der Waals surface area contributed by atoms with Gasteiger partial charge in [-0.05, 0) is 18.2 Å². The molecule has 128 valence electrons. The first kappa shape index (κ1) is 16.4. The molecule has 2 N–H and O–H groups in total. The molecule has 0 spiro atoms. The lowest BCUT2D eigenvalue weighted by atomic mass is 10.3. The summed E-state index contributed by atoms with van der Waals surface area (Å²) in [4.78, 5) is 24.7. The second-order valence-corrected chi connectivity index (χ2v) is 5.10. The van der Waals surface area contributed by atoms with Gasteiger partial charge >= 0.3 is 6.03 Å². The molecule has 2 amide bonds. The second-order valence-electron chi connectivity index (χ2n) is 5.10. The van der Waals surface area contributed by atoms with Gasteiger partial charge in [0.15, 0.2) is 11.6 Å². The van der Waals surface area contributed by atoms with Crippen molar-refractivity contribution in [2.45, 2.75) is 6.54 Å². The fourth-order valence-electron chi connectivity index (χ4n) is 2.31. The summed E-state index contributed by atoms with van der Waals surface area (Å²) < 4.78 is 7.09. The smallest absolute Gasteiger partial charge is 0.319 e. The molecule has 0 bridgehead atoms. The molecule has 0 saturated heterocycles. The van der Waals surface area contributed by atoms with E-state index in [1.165, 1.54) is 0 Å². The van der Waals surface area contributed by atoms with E-state index >= 15 is 0 Å². The van der Waals surface area contributed by atoms with E-state index in [1.807, 2.05) is 22.9 Å². The van der Waals surface area contributed by atoms with Crippen LogP contribution in [0.5, 0.6) is 5.75 Å². The number of hydrogen-bond donors (Lipinski definition) is 2. The molecular weight excluding hydrogens is 320 g/mol. The van der Waals surface area contributed by atoms with Gasteiger partial charge in [-0.2, -0.15) is 0 Å². The summed E-state index contributed by atoms with van der Waals surface area (Å²) in [7, 11) is 1.56. The zero-order valence-corrected chi connectivity index (χ0v) is 13.7. The third-order valence-corrected chi connectivity index (χ3v) is 3.47. The number of amides is 2. The Morgan fingerprint density at radius 2 is 1.92 bits per heavy atom. The molecule has 0 aliphatic heterocycles. The van der Waals surface area contributed by atoms with Gasteiger partial charge in [0.2, 0.25) is 0 Å². The van der Waals surface area contributed by atoms with E-state index in [-0.39, 0.29) is 6.03 Å². The number of anilines is 1. The van der Waals surface area contributed by atoms with Crippen LogP contribution in [0.1, 0.15) is 0 Å². The third-order valence-electron chi connectivity index (χ3n) is 3.47. The molecule has 0 saturated carbocycles. The minimum atomic E-state index is -0.304. The standard InChI is InChI=1S/C17H18N6O2/c1-25-14-6-3-2-5-13(14)22-17(24)21-10-12-23-11-9-20-16(23)15-18-7-4-8-19-15/h2-9,11H,10,12H2,1H3,(H2,21,22,24). The predicted molar refractivity (Wildman–Crippen MR) is 93.3 cm³/mol. The Bertz CT molecular complexity index is 834. The van der Waals surface area contributed by atoms with E-state index in [0.717, 1.165) is 0 Å². The van der Waals surface area contributed by atoms with Gasteiger partial charge in [-0.25, -0.2) is 19.7 Å². The zero-order chi connectivity index (χ0) is 17.5. The van der Waals surface area contributed by atoms with Crippen LogP contribution >= 0.6 is 0 Å². The summed E-state index contributed by atoms with van der Waals surface area (Å²) in [5.41, 5.74) is 0.614. The van der Waals surface area contributed by atoms with E-state index in [4.69, 9.17) is 4.74 Å². The number of hydrogen-bond acceptors (Lipinski definition) is 5. The van der Waals surface area contributed by atoms with Crippen molar-refractivity contribution >= 4 is 11.7 Å². The normalized spacial score (nSPS) is 10.3. The molecule has 0 radical (unpaired) electrons. The minimum absolute atomic E-state index is 0.304. The largest absolute Gasteiger partial charge is 0.495 e. The number of aromatic nitrogens is 4. The molecule has 0 aliphatic rings. The highest BCUT2D eigenvalue weighted by Gasteiger charge is 2.09. The number of urea groups is 1. The summed E-state index contributed by atoms with van der Waals surface area (Å²) in [5.74, 6) is 1.81. The van der Waals surface area contributed by atoms with Crippen molar-refractivity contribution in [3.8, 4) is 17.4 Å². The minimum Gasteiger partial charge on any atom is -0.495 e. The lowest BCUT2D eigenvalue weighted by Crippen LogP contribution is -2.31. The van der Waals surface area contributed by atoms with Crippen LogP contribution in [0.3, 0.4) is 0 Å². The molecule has 1 aromatic carbocycles. The number of nitrogens with zero attached hydrogens (tertiary/aromatic N) is 4. The average Bonchev–Trinajstić information content (AvgIpc) is 3.11. The zero-order valence-electron chi connectivity index (χ0n) is 13.7. The van der Waals surface area contributed by atoms with Crippen molar-refractivity contribution in [1.29, 1.82) is 0 Å². The van der Waals surface area contributed by atoms with E-state index in [0.29, 0.717) is 36.2 Å². The highest BCUT2D eigenvalue weighted by molar-refractivity contribution is 5.90. The molecule has 0 aliphatic carbocycles. The summed E-state index contributed by atoms with van der Waals surface area (Å²) >= 11 is 0. The number of benzene rings is 1. The molecule has 8 heteroatoms. The lowest BCUT2D eigenvalue weighted by molar-refractivity contribution is 0.251. The van der Waals surface area contributed by atoms with E-state index in [1.54, 1.807) is 43.9 Å². The average molecular weight is 338 g/mol. The van der Waals surface area contributed by atoms with Crippen LogP contribution in [0.2, 0.25) is 0 Å². The highest BCUT2D eigenvalue weighted by Crippen LogP contribution is 2.22. The lowest BCUT2D eigenvalue weighted by Gasteiger charge is -2.11. The Morgan fingerprint density at radius 3 is 2.72 bits per heavy atom. The Balaban J connectivity index is 1.55. The highest BCUT2D eigenvalue weighted by atomic mass is 16.5. The van der Waals surface area contributed by atoms with Gasteiger partial charge < -0.3 is 19.9 Å². The Labute approximate surface area is 144 Å². The fraction of sp³-hybridized carbons (Fsp3) is 0.176. The van der Waals surface area contributed by atoms with Crippen molar-refractivity contribution in [3.05, 3.63) is 55.1 Å². The summed E-state index contributed by atoms with van der Waals surface area (Å²) in [6.07, 6.45) is 6.84. The second kappa shape index (κ2) is 7.91. The topological polar surface area (TPSA) is 94.0 Å². The Hall–Kier alpha value is -3.42. The molecule has 0 fully saturated rings. The SMILES string of the molecule is COc1ccccc1NC(=O)NCCn1ccnc1-c1ncccn1. The molecule has 0 unspecified atom stereocenters. The van der Waals surface area contributed by atoms with Crippen molar-refractivity contribution < 1.29 is 9.53 Å². The third kappa shape index (κ3) is 4.11. The number of carbonyl (C=O) groups excluding carboxylic acids is 1. The van der Waals surface area contributed by atoms with Crippen LogP contribution in [0.4, 0.5) is 10.5 Å². The van der Waals surface area contributed by atoms with Crippen molar-refractivity contribution in [2.75, 3.05) is 19.0 Å². The summed E-state index contributed by atoms with van der Waals surface area (Å²) in [5, 5.41) is 5.57. The molecule has 3 rings (SSSR count). The van der Waals surface area contributed by atoms with Crippen LogP contribution in [0.25, 0.3) is 11.6 Å². The first-order valence-corrected chi connectivity index (χ1v) is 7.74. The molecule has 2 aromatic heterocycles. The van der Waals surface area contributed by atoms with E-state index < -0.39 is 0 Å². The van der Waals surface area contributed by atoms with Crippen LogP contribution in [0, 0.1) is 0 Å². The number of ether oxygens (including phenoxy) is 1. The van der Waals surface area contributed by atoms with Crippen molar-refractivity contribution in [1.82, 2.24) is 24.8 Å². The van der Waals surface area contributed by atoms with Gasteiger partial charge in [0.05, 0.1) is 12.8 Å². The molecule has 25 heavy (non-hydrogen) atoms. The first-order chi connectivity index (χ1) is 12.3. The van der Waals surface area contributed by atoms with Gasteiger partial charge in [-0.3, -0.25) is 0 Å². The number of nitrogens with one attached hydrogen (secondary N) is 2. The quantitative estimate of drug-likeness (QED) is 0.718. The maximum absolute atomic E-state index is 12.0. The van der Waals surface area contributed by atoms with Crippen molar-refractivity contribution in [3.63, 3.8) is 0 Å². The maximum Gasteiger partial charge on any atom is 0.319 e. The van der Waals surface area contributed by atoms with Gasteiger partial charge in [-0.15, -0.1) is 0 Å². The van der Waals surface area contributed by atoms with Crippen LogP contribution < -0.4 is 15.4 Å². The van der Waals surface area contributed by atoms with Crippen LogP contribution in [-0.4, -0.2) is 39.2 Å². The van der Waals surface area contributed by atoms with Gasteiger partial charge in [0.25, 0.3) is 0 Å². The van der Waals surface area contributed by atoms with E-state index in [9.17, 15) is 4.79 Å². The summed E-state index contributed by atoms with van der Waals surface area (Å²) in [6, 6.07) is 8.68. The van der Waals surface area contributed by atoms with Gasteiger partial charge in [-0.1, -0.05) is 12.1 Å². The number of rotatable bonds is 6. The summed E-state index contributed by atoms with van der Waals surface area (Å²) in [6.45, 7) is 0.976.